The van der Waals surface area contributed by atoms with Crippen molar-refractivity contribution in [3.63, 3.8) is 0 Å². The van der Waals surface area contributed by atoms with Crippen LogP contribution in [0.5, 0.6) is 0 Å². The van der Waals surface area contributed by atoms with E-state index in [0.717, 1.165) is 25.9 Å². The number of halogens is 2. The Hall–Kier alpha value is -0.910. The molecule has 0 saturated carbocycles. The molecule has 0 saturated heterocycles. The first-order valence-corrected chi connectivity index (χ1v) is 7.18. The molecule has 92 valence electrons. The van der Waals surface area contributed by atoms with Crippen LogP contribution in [-0.2, 0) is 0 Å². The summed E-state index contributed by atoms with van der Waals surface area (Å²) in [6, 6.07) is 13.6. The van der Waals surface area contributed by atoms with Gasteiger partial charge in [0, 0.05) is 20.2 Å². The lowest BCUT2D eigenvalue weighted by molar-refractivity contribution is 1.49. The largest absolute Gasteiger partial charge is 0.389 e. The summed E-state index contributed by atoms with van der Waals surface area (Å²) in [5.74, 6) is 0. The van der Waals surface area contributed by atoms with Gasteiger partial charge in [0.25, 0.3) is 0 Å². The van der Waals surface area contributed by atoms with Gasteiger partial charge >= 0.3 is 0 Å². The van der Waals surface area contributed by atoms with Gasteiger partial charge in [-0.25, -0.2) is 0 Å². The van der Waals surface area contributed by atoms with E-state index in [1.54, 1.807) is 0 Å². The fourth-order valence-electron chi connectivity index (χ4n) is 1.55. The predicted octanol–water partition coefficient (Wildman–Crippen LogP) is 4.59. The van der Waals surface area contributed by atoms with Crippen molar-refractivity contribution in [1.82, 2.24) is 0 Å². The number of thiocarbonyl (C=S) groups is 1. The number of benzene rings is 2. The number of hydrogen-bond donors (Lipinski definition) is 2. The van der Waals surface area contributed by atoms with E-state index in [0.29, 0.717) is 4.99 Å². The summed E-state index contributed by atoms with van der Waals surface area (Å²) in [6.07, 6.45) is 0. The van der Waals surface area contributed by atoms with Crippen LogP contribution in [0.2, 0.25) is 0 Å². The third-order valence-corrected chi connectivity index (χ3v) is 3.79. The molecular formula is C13H10Br2N2S. The van der Waals surface area contributed by atoms with Gasteiger partial charge in [-0.3, -0.25) is 0 Å². The molecule has 0 heterocycles. The van der Waals surface area contributed by atoms with Crippen LogP contribution in [0.4, 0.5) is 11.4 Å². The fraction of sp³-hybridized carbons (Fsp3) is 0. The Morgan fingerprint density at radius 3 is 2.50 bits per heavy atom. The highest BCUT2D eigenvalue weighted by Gasteiger charge is 2.06. The van der Waals surface area contributed by atoms with Gasteiger partial charge in [0.05, 0.1) is 5.69 Å². The Labute approximate surface area is 128 Å². The van der Waals surface area contributed by atoms with Crippen molar-refractivity contribution in [3.05, 3.63) is 57.0 Å². The minimum Gasteiger partial charge on any atom is -0.389 e. The first-order chi connectivity index (χ1) is 8.58. The summed E-state index contributed by atoms with van der Waals surface area (Å²) in [7, 11) is 0. The molecule has 3 N–H and O–H groups in total. The highest BCUT2D eigenvalue weighted by molar-refractivity contribution is 9.11. The van der Waals surface area contributed by atoms with Crippen LogP contribution in [0.1, 0.15) is 5.56 Å². The number of para-hydroxylation sites is 1. The lowest BCUT2D eigenvalue weighted by Crippen LogP contribution is -2.11. The van der Waals surface area contributed by atoms with Gasteiger partial charge in [0.2, 0.25) is 0 Å². The molecule has 0 fully saturated rings. The van der Waals surface area contributed by atoms with E-state index in [4.69, 9.17) is 18.0 Å². The summed E-state index contributed by atoms with van der Waals surface area (Å²) < 4.78 is 1.98. The van der Waals surface area contributed by atoms with Crippen molar-refractivity contribution in [2.24, 2.45) is 5.73 Å². The monoisotopic (exact) mass is 384 g/mol. The van der Waals surface area contributed by atoms with Crippen LogP contribution < -0.4 is 11.1 Å². The SMILES string of the molecule is NC(=S)c1ccccc1Nc1cc(Br)ccc1Br. The van der Waals surface area contributed by atoms with Gasteiger partial charge in [0.1, 0.15) is 4.99 Å². The van der Waals surface area contributed by atoms with Crippen molar-refractivity contribution in [1.29, 1.82) is 0 Å². The number of nitrogens with two attached hydrogens (primary N) is 1. The summed E-state index contributed by atoms with van der Waals surface area (Å²) >= 11 is 12.0. The van der Waals surface area contributed by atoms with E-state index in [2.05, 4.69) is 37.2 Å². The molecule has 2 rings (SSSR count). The second kappa shape index (κ2) is 5.82. The summed E-state index contributed by atoms with van der Waals surface area (Å²) in [5.41, 5.74) is 8.38. The van der Waals surface area contributed by atoms with Gasteiger partial charge in [-0.15, -0.1) is 0 Å². The maximum Gasteiger partial charge on any atom is 0.106 e. The normalized spacial score (nSPS) is 10.1. The van der Waals surface area contributed by atoms with Crippen molar-refractivity contribution in [2.45, 2.75) is 0 Å². The average Bonchev–Trinajstić information content (AvgIpc) is 2.34. The second-order valence-electron chi connectivity index (χ2n) is 3.66. The van der Waals surface area contributed by atoms with E-state index in [1.165, 1.54) is 0 Å². The number of nitrogens with one attached hydrogen (secondary N) is 1. The standard InChI is InChI=1S/C13H10Br2N2S/c14-8-5-6-10(15)12(7-8)17-11-4-2-1-3-9(11)13(16)18/h1-7,17H,(H2,16,18). The summed E-state index contributed by atoms with van der Waals surface area (Å²) in [4.78, 5) is 0.379. The highest BCUT2D eigenvalue weighted by atomic mass is 79.9. The first-order valence-electron chi connectivity index (χ1n) is 5.19. The molecule has 0 aromatic heterocycles. The van der Waals surface area contributed by atoms with E-state index in [-0.39, 0.29) is 0 Å². The minimum atomic E-state index is 0.379. The maximum atomic E-state index is 5.71. The minimum absolute atomic E-state index is 0.379. The van der Waals surface area contributed by atoms with Crippen LogP contribution in [0, 0.1) is 0 Å². The molecule has 2 nitrogen and oxygen atoms in total. The Bertz CT molecular complexity index is 599. The second-order valence-corrected chi connectivity index (χ2v) is 5.87. The number of rotatable bonds is 3. The van der Waals surface area contributed by atoms with Crippen LogP contribution in [0.15, 0.2) is 51.4 Å². The van der Waals surface area contributed by atoms with Gasteiger partial charge in [-0.2, -0.15) is 0 Å². The molecule has 2 aromatic rings. The molecular weight excluding hydrogens is 376 g/mol. The van der Waals surface area contributed by atoms with E-state index >= 15 is 0 Å². The molecule has 0 bridgehead atoms. The van der Waals surface area contributed by atoms with E-state index in [9.17, 15) is 0 Å². The van der Waals surface area contributed by atoms with E-state index < -0.39 is 0 Å². The molecule has 0 atom stereocenters. The van der Waals surface area contributed by atoms with Crippen LogP contribution in [-0.4, -0.2) is 4.99 Å². The molecule has 5 heteroatoms. The van der Waals surface area contributed by atoms with Crippen LogP contribution in [0.25, 0.3) is 0 Å². The Morgan fingerprint density at radius 1 is 1.06 bits per heavy atom. The molecule has 0 unspecified atom stereocenters. The van der Waals surface area contributed by atoms with Crippen LogP contribution >= 0.6 is 44.1 Å². The molecule has 18 heavy (non-hydrogen) atoms. The predicted molar refractivity (Wildman–Crippen MR) is 87.5 cm³/mol. The van der Waals surface area contributed by atoms with Gasteiger partial charge < -0.3 is 11.1 Å². The average molecular weight is 386 g/mol. The lowest BCUT2D eigenvalue weighted by atomic mass is 10.1. The highest BCUT2D eigenvalue weighted by Crippen LogP contribution is 2.30. The Kier molecular flexibility index (Phi) is 4.37. The number of anilines is 2. The fourth-order valence-corrected chi connectivity index (χ4v) is 2.43. The maximum absolute atomic E-state index is 5.71. The number of hydrogen-bond acceptors (Lipinski definition) is 2. The molecule has 2 aromatic carbocycles. The third kappa shape index (κ3) is 3.10. The topological polar surface area (TPSA) is 38.0 Å². The molecule has 0 spiro atoms. The molecule has 0 aliphatic rings. The van der Waals surface area contributed by atoms with Crippen molar-refractivity contribution in [3.8, 4) is 0 Å². The van der Waals surface area contributed by atoms with E-state index in [1.807, 2.05) is 42.5 Å². The Balaban J connectivity index is 2.40. The van der Waals surface area contributed by atoms with Crippen molar-refractivity contribution in [2.75, 3.05) is 5.32 Å². The van der Waals surface area contributed by atoms with Gasteiger partial charge in [-0.05, 0) is 46.3 Å². The zero-order valence-corrected chi connectivity index (χ0v) is 13.3. The van der Waals surface area contributed by atoms with Gasteiger partial charge in [0.15, 0.2) is 0 Å². The molecule has 0 radical (unpaired) electrons. The molecule has 0 aliphatic heterocycles. The summed E-state index contributed by atoms with van der Waals surface area (Å²) in [5, 5.41) is 3.32. The smallest absolute Gasteiger partial charge is 0.106 e. The van der Waals surface area contributed by atoms with Gasteiger partial charge in [-0.1, -0.05) is 40.3 Å². The van der Waals surface area contributed by atoms with Crippen molar-refractivity contribution < 1.29 is 0 Å². The zero-order valence-electron chi connectivity index (χ0n) is 9.28. The molecule has 0 amide bonds. The molecule has 0 aliphatic carbocycles. The Morgan fingerprint density at radius 2 is 1.78 bits per heavy atom. The van der Waals surface area contributed by atoms with Crippen LogP contribution in [0.3, 0.4) is 0 Å². The zero-order chi connectivity index (χ0) is 13.1. The third-order valence-electron chi connectivity index (χ3n) is 2.39. The first kappa shape index (κ1) is 13.5. The lowest BCUT2D eigenvalue weighted by Gasteiger charge is -2.12. The summed E-state index contributed by atoms with van der Waals surface area (Å²) in [6.45, 7) is 0. The quantitative estimate of drug-likeness (QED) is 0.759. The van der Waals surface area contributed by atoms with Crippen molar-refractivity contribution >= 4 is 60.4 Å².